The normalized spacial score (nSPS) is 18.3. The molecule has 0 aromatic carbocycles. The summed E-state index contributed by atoms with van der Waals surface area (Å²) < 4.78 is 16.2. The molecule has 1 fully saturated rings. The Kier molecular flexibility index (Phi) is 7.89. The highest BCUT2D eigenvalue weighted by atomic mass is 16.5. The van der Waals surface area contributed by atoms with Crippen molar-refractivity contribution >= 4 is 5.96 Å². The largest absolute Gasteiger partial charge is 0.381 e. The van der Waals surface area contributed by atoms with E-state index in [-0.39, 0.29) is 0 Å². The van der Waals surface area contributed by atoms with Gasteiger partial charge in [-0.3, -0.25) is 4.99 Å². The Balaban J connectivity index is 1.52. The van der Waals surface area contributed by atoms with E-state index in [1.165, 1.54) is 0 Å². The summed E-state index contributed by atoms with van der Waals surface area (Å²) in [5.41, 5.74) is 0.967. The zero-order chi connectivity index (χ0) is 16.3. The molecule has 1 aliphatic rings. The van der Waals surface area contributed by atoms with Crippen LogP contribution in [0.3, 0.4) is 0 Å². The highest BCUT2D eigenvalue weighted by molar-refractivity contribution is 5.79. The van der Waals surface area contributed by atoms with Crippen LogP contribution < -0.4 is 10.6 Å². The SMILES string of the molecule is CCc1cc(CNC(=NC)NCCCOCC2CCOC2)on1. The van der Waals surface area contributed by atoms with Gasteiger partial charge in [-0.15, -0.1) is 0 Å². The van der Waals surface area contributed by atoms with Gasteiger partial charge in [-0.1, -0.05) is 12.1 Å². The van der Waals surface area contributed by atoms with Crippen molar-refractivity contribution in [2.24, 2.45) is 10.9 Å². The minimum absolute atomic E-state index is 0.574. The number of aryl methyl sites for hydroxylation is 1. The Labute approximate surface area is 137 Å². The van der Waals surface area contributed by atoms with Gasteiger partial charge in [-0.25, -0.2) is 0 Å². The Hall–Kier alpha value is -1.60. The molecule has 0 spiro atoms. The molecule has 2 rings (SSSR count). The second kappa shape index (κ2) is 10.2. The highest BCUT2D eigenvalue weighted by Gasteiger charge is 2.15. The molecule has 2 heterocycles. The van der Waals surface area contributed by atoms with Crippen molar-refractivity contribution in [2.45, 2.75) is 32.7 Å². The topological polar surface area (TPSA) is 80.9 Å². The van der Waals surface area contributed by atoms with E-state index in [9.17, 15) is 0 Å². The minimum atomic E-state index is 0.574. The fourth-order valence-electron chi connectivity index (χ4n) is 2.34. The van der Waals surface area contributed by atoms with E-state index in [1.54, 1.807) is 7.05 Å². The predicted molar refractivity (Wildman–Crippen MR) is 88.4 cm³/mol. The molecule has 1 aromatic rings. The molecule has 0 amide bonds. The zero-order valence-corrected chi connectivity index (χ0v) is 14.1. The van der Waals surface area contributed by atoms with Crippen LogP contribution in [0.5, 0.6) is 0 Å². The van der Waals surface area contributed by atoms with Gasteiger partial charge >= 0.3 is 0 Å². The van der Waals surface area contributed by atoms with Crippen LogP contribution in [0.2, 0.25) is 0 Å². The molecule has 0 radical (unpaired) electrons. The molecule has 2 N–H and O–H groups in total. The van der Waals surface area contributed by atoms with Gasteiger partial charge in [0, 0.05) is 38.8 Å². The minimum Gasteiger partial charge on any atom is -0.381 e. The monoisotopic (exact) mass is 324 g/mol. The van der Waals surface area contributed by atoms with E-state index in [1.807, 2.05) is 6.07 Å². The lowest BCUT2D eigenvalue weighted by atomic mass is 10.1. The summed E-state index contributed by atoms with van der Waals surface area (Å²) in [7, 11) is 1.75. The molecule has 1 aliphatic heterocycles. The number of aromatic nitrogens is 1. The van der Waals surface area contributed by atoms with Crippen molar-refractivity contribution in [3.63, 3.8) is 0 Å². The van der Waals surface area contributed by atoms with Crippen LogP contribution in [0, 0.1) is 5.92 Å². The molecule has 0 saturated carbocycles. The number of nitrogens with zero attached hydrogens (tertiary/aromatic N) is 2. The summed E-state index contributed by atoms with van der Waals surface area (Å²) in [6, 6.07) is 1.96. The van der Waals surface area contributed by atoms with Gasteiger partial charge in [-0.05, 0) is 19.3 Å². The summed E-state index contributed by atoms with van der Waals surface area (Å²) in [6.07, 6.45) is 2.94. The van der Waals surface area contributed by atoms with Crippen LogP contribution in [0.15, 0.2) is 15.6 Å². The first-order valence-electron chi connectivity index (χ1n) is 8.36. The fourth-order valence-corrected chi connectivity index (χ4v) is 2.34. The van der Waals surface area contributed by atoms with E-state index < -0.39 is 0 Å². The first kappa shape index (κ1) is 17.7. The maximum Gasteiger partial charge on any atom is 0.191 e. The molecular formula is C16H28N4O3. The molecular weight excluding hydrogens is 296 g/mol. The summed E-state index contributed by atoms with van der Waals surface area (Å²) >= 11 is 0. The van der Waals surface area contributed by atoms with Crippen molar-refractivity contribution in [1.29, 1.82) is 0 Å². The second-order valence-corrected chi connectivity index (χ2v) is 5.65. The van der Waals surface area contributed by atoms with Crippen molar-refractivity contribution in [3.05, 3.63) is 17.5 Å². The maximum absolute atomic E-state index is 5.67. The van der Waals surface area contributed by atoms with E-state index >= 15 is 0 Å². The van der Waals surface area contributed by atoms with Crippen molar-refractivity contribution in [1.82, 2.24) is 15.8 Å². The van der Waals surface area contributed by atoms with Gasteiger partial charge < -0.3 is 24.6 Å². The standard InChI is InChI=1S/C16H28N4O3/c1-3-14-9-15(23-20-14)10-19-16(17-2)18-6-4-7-21-11-13-5-8-22-12-13/h9,13H,3-8,10-12H2,1-2H3,(H2,17,18,19). The van der Waals surface area contributed by atoms with E-state index in [0.29, 0.717) is 12.5 Å². The first-order chi connectivity index (χ1) is 11.3. The third-order valence-corrected chi connectivity index (χ3v) is 3.76. The van der Waals surface area contributed by atoms with Crippen LogP contribution in [-0.2, 0) is 22.4 Å². The van der Waals surface area contributed by atoms with Gasteiger partial charge in [0.2, 0.25) is 0 Å². The maximum atomic E-state index is 5.67. The third-order valence-electron chi connectivity index (χ3n) is 3.76. The number of hydrogen-bond acceptors (Lipinski definition) is 5. The Morgan fingerprint density at radius 1 is 1.48 bits per heavy atom. The average molecular weight is 324 g/mol. The van der Waals surface area contributed by atoms with Crippen LogP contribution in [0.25, 0.3) is 0 Å². The lowest BCUT2D eigenvalue weighted by Gasteiger charge is -2.11. The molecule has 7 nitrogen and oxygen atoms in total. The highest BCUT2D eigenvalue weighted by Crippen LogP contribution is 2.12. The molecule has 130 valence electrons. The van der Waals surface area contributed by atoms with Gasteiger partial charge in [-0.2, -0.15) is 0 Å². The first-order valence-corrected chi connectivity index (χ1v) is 8.36. The predicted octanol–water partition coefficient (Wildman–Crippen LogP) is 1.35. The number of guanidine groups is 1. The Morgan fingerprint density at radius 2 is 2.39 bits per heavy atom. The summed E-state index contributed by atoms with van der Waals surface area (Å²) in [4.78, 5) is 4.19. The van der Waals surface area contributed by atoms with Crippen molar-refractivity contribution in [3.8, 4) is 0 Å². The molecule has 0 bridgehead atoms. The van der Waals surface area contributed by atoms with Crippen LogP contribution in [0.4, 0.5) is 0 Å². The van der Waals surface area contributed by atoms with E-state index in [2.05, 4.69) is 27.7 Å². The molecule has 7 heteroatoms. The lowest BCUT2D eigenvalue weighted by molar-refractivity contribution is 0.0888. The quantitative estimate of drug-likeness (QED) is 0.405. The molecule has 1 saturated heterocycles. The molecule has 0 aliphatic carbocycles. The fraction of sp³-hybridized carbons (Fsp3) is 0.750. The number of aliphatic imine (C=N–C) groups is 1. The van der Waals surface area contributed by atoms with Crippen molar-refractivity contribution in [2.75, 3.05) is 40.0 Å². The second-order valence-electron chi connectivity index (χ2n) is 5.65. The van der Waals surface area contributed by atoms with E-state index in [0.717, 1.165) is 69.6 Å². The van der Waals surface area contributed by atoms with Crippen molar-refractivity contribution < 1.29 is 14.0 Å². The van der Waals surface area contributed by atoms with E-state index in [4.69, 9.17) is 14.0 Å². The van der Waals surface area contributed by atoms with Gasteiger partial charge in [0.25, 0.3) is 0 Å². The van der Waals surface area contributed by atoms with Crippen LogP contribution in [-0.4, -0.2) is 51.1 Å². The number of ether oxygens (including phenoxy) is 2. The summed E-state index contributed by atoms with van der Waals surface area (Å²) in [5, 5.41) is 10.4. The molecule has 1 atom stereocenters. The number of nitrogens with one attached hydrogen (secondary N) is 2. The number of rotatable bonds is 9. The Morgan fingerprint density at radius 3 is 3.09 bits per heavy atom. The lowest BCUT2D eigenvalue weighted by Crippen LogP contribution is -2.37. The summed E-state index contributed by atoms with van der Waals surface area (Å²) in [6.45, 7) is 6.72. The third kappa shape index (κ3) is 6.58. The van der Waals surface area contributed by atoms with Crippen LogP contribution >= 0.6 is 0 Å². The van der Waals surface area contributed by atoms with Crippen LogP contribution in [0.1, 0.15) is 31.2 Å². The van der Waals surface area contributed by atoms with Gasteiger partial charge in [0.15, 0.2) is 11.7 Å². The Bertz CT molecular complexity index is 470. The molecule has 1 unspecified atom stereocenters. The smallest absolute Gasteiger partial charge is 0.191 e. The molecule has 1 aromatic heterocycles. The average Bonchev–Trinajstić information content (AvgIpc) is 3.25. The van der Waals surface area contributed by atoms with Gasteiger partial charge in [0.1, 0.15) is 0 Å². The molecule has 23 heavy (non-hydrogen) atoms. The zero-order valence-electron chi connectivity index (χ0n) is 14.1. The number of hydrogen-bond donors (Lipinski definition) is 2. The van der Waals surface area contributed by atoms with Gasteiger partial charge in [0.05, 0.1) is 25.5 Å². The summed E-state index contributed by atoms with van der Waals surface area (Å²) in [5.74, 6) is 2.14.